The van der Waals surface area contributed by atoms with Gasteiger partial charge in [0.2, 0.25) is 11.8 Å². The molecule has 2 heterocycles. The monoisotopic (exact) mass is 370 g/mol. The largest absolute Gasteiger partial charge is 0.459 e. The Bertz CT molecular complexity index is 919. The van der Waals surface area contributed by atoms with Crippen LogP contribution in [0, 0.1) is 10.1 Å². The number of amides is 1. The Kier molecular flexibility index (Phi) is 5.60. The van der Waals surface area contributed by atoms with Gasteiger partial charge in [-0.25, -0.2) is 0 Å². The van der Waals surface area contributed by atoms with Crippen LogP contribution in [0.5, 0.6) is 0 Å². The van der Waals surface area contributed by atoms with Crippen molar-refractivity contribution in [1.82, 2.24) is 15.1 Å². The van der Waals surface area contributed by atoms with Gasteiger partial charge < -0.3 is 13.7 Å². The summed E-state index contributed by atoms with van der Waals surface area (Å²) in [5.41, 5.74) is 0.301. The van der Waals surface area contributed by atoms with Gasteiger partial charge in [0.25, 0.3) is 11.6 Å². The minimum atomic E-state index is -0.486. The van der Waals surface area contributed by atoms with E-state index in [9.17, 15) is 14.9 Å². The molecule has 1 aromatic carbocycles. The lowest BCUT2D eigenvalue weighted by atomic mass is 10.1. The molecule has 9 heteroatoms. The number of hydrogen-bond acceptors (Lipinski definition) is 7. The highest BCUT2D eigenvalue weighted by Crippen LogP contribution is 2.21. The fourth-order valence-electron chi connectivity index (χ4n) is 2.66. The second kappa shape index (κ2) is 8.26. The Morgan fingerprint density at radius 2 is 2.04 bits per heavy atom. The van der Waals surface area contributed by atoms with Crippen LogP contribution >= 0.6 is 0 Å². The van der Waals surface area contributed by atoms with Gasteiger partial charge in [0.05, 0.1) is 24.2 Å². The summed E-state index contributed by atoms with van der Waals surface area (Å²) in [4.78, 5) is 24.9. The van der Waals surface area contributed by atoms with E-state index in [1.807, 2.05) is 6.92 Å². The first-order valence-electron chi connectivity index (χ1n) is 8.44. The predicted molar refractivity (Wildman–Crippen MR) is 94.5 cm³/mol. The van der Waals surface area contributed by atoms with E-state index in [1.165, 1.54) is 12.3 Å². The molecule has 0 atom stereocenters. The number of aromatic nitrogens is 2. The van der Waals surface area contributed by atoms with Gasteiger partial charge >= 0.3 is 0 Å². The highest BCUT2D eigenvalue weighted by atomic mass is 16.6. The van der Waals surface area contributed by atoms with Crippen molar-refractivity contribution < 1.29 is 18.6 Å². The molecule has 0 saturated carbocycles. The van der Waals surface area contributed by atoms with Gasteiger partial charge in [-0.1, -0.05) is 25.1 Å². The number of benzene rings is 1. The number of para-hydroxylation sites is 1. The molecule has 0 aliphatic heterocycles. The molecule has 0 bridgehead atoms. The summed E-state index contributed by atoms with van der Waals surface area (Å²) >= 11 is 0. The van der Waals surface area contributed by atoms with Crippen molar-refractivity contribution in [3.63, 3.8) is 0 Å². The number of furan rings is 1. The van der Waals surface area contributed by atoms with Gasteiger partial charge in [0.1, 0.15) is 0 Å². The number of rotatable bonds is 8. The highest BCUT2D eigenvalue weighted by molar-refractivity contribution is 5.79. The fraction of sp³-hybridized carbons (Fsp3) is 0.278. The van der Waals surface area contributed by atoms with E-state index in [2.05, 4.69) is 10.2 Å². The standard InChI is InChI=1S/C18H18N4O5/c1-2-9-21(12-16-19-20-18(27-16)15-8-5-10-26-15)17(23)11-13-6-3-4-7-14(13)22(24)25/h3-8,10H,2,9,11-12H2,1H3. The normalized spacial score (nSPS) is 10.7. The third kappa shape index (κ3) is 4.38. The van der Waals surface area contributed by atoms with Crippen LogP contribution in [-0.4, -0.2) is 32.5 Å². The van der Waals surface area contributed by atoms with E-state index >= 15 is 0 Å². The molecule has 0 aliphatic carbocycles. The van der Waals surface area contributed by atoms with E-state index in [4.69, 9.17) is 8.83 Å². The van der Waals surface area contributed by atoms with Crippen molar-refractivity contribution in [3.05, 3.63) is 64.2 Å². The molecule has 0 saturated heterocycles. The maximum Gasteiger partial charge on any atom is 0.283 e. The average Bonchev–Trinajstić information content (AvgIpc) is 3.33. The second-order valence-corrected chi connectivity index (χ2v) is 5.86. The maximum atomic E-state index is 12.7. The Morgan fingerprint density at radius 1 is 1.22 bits per heavy atom. The molecule has 0 fully saturated rings. The lowest BCUT2D eigenvalue weighted by Gasteiger charge is -2.20. The van der Waals surface area contributed by atoms with Crippen molar-refractivity contribution in [2.24, 2.45) is 0 Å². The first-order chi connectivity index (χ1) is 13.1. The van der Waals surface area contributed by atoms with E-state index < -0.39 is 4.92 Å². The summed E-state index contributed by atoms with van der Waals surface area (Å²) in [6, 6.07) is 9.62. The zero-order chi connectivity index (χ0) is 19.2. The molecule has 0 unspecified atom stereocenters. The fourth-order valence-corrected chi connectivity index (χ4v) is 2.66. The molecule has 3 rings (SSSR count). The van der Waals surface area contributed by atoms with Crippen molar-refractivity contribution in [2.75, 3.05) is 6.54 Å². The molecule has 0 N–H and O–H groups in total. The molecule has 0 spiro atoms. The van der Waals surface area contributed by atoms with E-state index in [0.717, 1.165) is 6.42 Å². The number of nitro groups is 1. The summed E-state index contributed by atoms with van der Waals surface area (Å²) < 4.78 is 10.8. The number of carbonyl (C=O) groups is 1. The van der Waals surface area contributed by atoms with Crippen molar-refractivity contribution >= 4 is 11.6 Å². The number of carbonyl (C=O) groups excluding carboxylic acids is 1. The topological polar surface area (TPSA) is 116 Å². The molecule has 3 aromatic rings. The molecule has 9 nitrogen and oxygen atoms in total. The van der Waals surface area contributed by atoms with E-state index in [-0.39, 0.29) is 36.3 Å². The SMILES string of the molecule is CCCN(Cc1nnc(-c2ccco2)o1)C(=O)Cc1ccccc1[N+](=O)[O-]. The quantitative estimate of drug-likeness (QED) is 0.441. The van der Waals surface area contributed by atoms with E-state index in [1.54, 1.807) is 35.2 Å². The van der Waals surface area contributed by atoms with Crippen molar-refractivity contribution in [3.8, 4) is 11.7 Å². The Balaban J connectivity index is 1.74. The van der Waals surface area contributed by atoms with Crippen LogP contribution in [0.25, 0.3) is 11.7 Å². The smallest absolute Gasteiger partial charge is 0.283 e. The zero-order valence-electron chi connectivity index (χ0n) is 14.7. The van der Waals surface area contributed by atoms with Gasteiger partial charge in [-0.2, -0.15) is 0 Å². The maximum absolute atomic E-state index is 12.7. The molecule has 0 radical (unpaired) electrons. The minimum absolute atomic E-state index is 0.0693. The zero-order valence-corrected chi connectivity index (χ0v) is 14.7. The van der Waals surface area contributed by atoms with Crippen molar-refractivity contribution in [1.29, 1.82) is 0 Å². The van der Waals surface area contributed by atoms with Crippen LogP contribution in [0.4, 0.5) is 5.69 Å². The second-order valence-electron chi connectivity index (χ2n) is 5.86. The summed E-state index contributed by atoms with van der Waals surface area (Å²) in [5, 5.41) is 19.0. The van der Waals surface area contributed by atoms with Gasteiger partial charge in [-0.3, -0.25) is 14.9 Å². The van der Waals surface area contributed by atoms with E-state index in [0.29, 0.717) is 17.9 Å². The summed E-state index contributed by atoms with van der Waals surface area (Å²) in [7, 11) is 0. The van der Waals surface area contributed by atoms with Gasteiger partial charge in [0.15, 0.2) is 5.76 Å². The van der Waals surface area contributed by atoms with Crippen LogP contribution in [0.2, 0.25) is 0 Å². The van der Waals surface area contributed by atoms with Crippen LogP contribution in [0.1, 0.15) is 24.8 Å². The molecule has 140 valence electrons. The minimum Gasteiger partial charge on any atom is -0.459 e. The number of hydrogen-bond donors (Lipinski definition) is 0. The summed E-state index contributed by atoms with van der Waals surface area (Å²) in [6.07, 6.45) is 2.15. The van der Waals surface area contributed by atoms with Crippen LogP contribution < -0.4 is 0 Å². The third-order valence-corrected chi connectivity index (χ3v) is 3.90. The predicted octanol–water partition coefficient (Wildman–Crippen LogP) is 3.22. The lowest BCUT2D eigenvalue weighted by molar-refractivity contribution is -0.385. The average molecular weight is 370 g/mol. The van der Waals surface area contributed by atoms with Crippen LogP contribution in [-0.2, 0) is 17.8 Å². The molecule has 1 amide bonds. The lowest BCUT2D eigenvalue weighted by Crippen LogP contribution is -2.32. The van der Waals surface area contributed by atoms with Gasteiger partial charge in [0, 0.05) is 18.2 Å². The Morgan fingerprint density at radius 3 is 2.74 bits per heavy atom. The number of nitrogens with zero attached hydrogens (tertiary/aromatic N) is 4. The molecular formula is C18H18N4O5. The third-order valence-electron chi connectivity index (χ3n) is 3.90. The molecular weight excluding hydrogens is 352 g/mol. The summed E-state index contributed by atoms with van der Waals surface area (Å²) in [5.74, 6) is 0.703. The number of nitro benzene ring substituents is 1. The van der Waals surface area contributed by atoms with Crippen LogP contribution in [0.3, 0.4) is 0 Å². The Hall–Kier alpha value is -3.49. The highest BCUT2D eigenvalue weighted by Gasteiger charge is 2.21. The molecule has 2 aromatic heterocycles. The Labute approximate surface area is 154 Å². The van der Waals surface area contributed by atoms with Gasteiger partial charge in [-0.05, 0) is 18.6 Å². The molecule has 27 heavy (non-hydrogen) atoms. The van der Waals surface area contributed by atoms with Crippen molar-refractivity contribution in [2.45, 2.75) is 26.3 Å². The first-order valence-corrected chi connectivity index (χ1v) is 8.44. The summed E-state index contributed by atoms with van der Waals surface area (Å²) in [6.45, 7) is 2.53. The first kappa shape index (κ1) is 18.3. The van der Waals surface area contributed by atoms with Crippen LogP contribution in [0.15, 0.2) is 51.5 Å². The van der Waals surface area contributed by atoms with Gasteiger partial charge in [-0.15, -0.1) is 10.2 Å². The molecule has 0 aliphatic rings.